The van der Waals surface area contributed by atoms with E-state index in [4.69, 9.17) is 5.26 Å². The summed E-state index contributed by atoms with van der Waals surface area (Å²) < 4.78 is 0. The second kappa shape index (κ2) is 7.69. The summed E-state index contributed by atoms with van der Waals surface area (Å²) in [5.41, 5.74) is 7.85. The number of amides is 1. The number of hydrazone groups is 1. The summed E-state index contributed by atoms with van der Waals surface area (Å²) in [5, 5.41) is 16.4. The van der Waals surface area contributed by atoms with Crippen molar-refractivity contribution in [2.24, 2.45) is 11.0 Å². The Balaban J connectivity index is 1.62. The predicted octanol–water partition coefficient (Wildman–Crippen LogP) is 4.27. The molecule has 4 rings (SSSR count). The van der Waals surface area contributed by atoms with Gasteiger partial charge in [0, 0.05) is 11.6 Å². The molecule has 2 aromatic rings. The van der Waals surface area contributed by atoms with Crippen LogP contribution in [0.2, 0.25) is 0 Å². The topological polar surface area (TPSA) is 77.3 Å². The molecule has 5 nitrogen and oxygen atoms in total. The summed E-state index contributed by atoms with van der Waals surface area (Å²) in [4.78, 5) is 11.5. The van der Waals surface area contributed by atoms with Crippen LogP contribution in [-0.4, -0.2) is 11.6 Å². The summed E-state index contributed by atoms with van der Waals surface area (Å²) in [6, 6.07) is 19.0. The van der Waals surface area contributed by atoms with E-state index in [2.05, 4.69) is 70.5 Å². The molecule has 0 bridgehead atoms. The fraction of sp³-hybridized carbons (Fsp3) is 0.261. The van der Waals surface area contributed by atoms with E-state index in [-0.39, 0.29) is 6.42 Å². The summed E-state index contributed by atoms with van der Waals surface area (Å²) in [6.07, 6.45) is 5.45. The molecule has 0 unspecified atom stereocenters. The Morgan fingerprint density at radius 1 is 1.29 bits per heavy atom. The third kappa shape index (κ3) is 3.41. The maximum absolute atomic E-state index is 11.5. The number of carbonyl (C=O) groups excluding carboxylic acids is 1. The van der Waals surface area contributed by atoms with Gasteiger partial charge in [-0.05, 0) is 48.1 Å². The molecular weight excluding hydrogens is 348 g/mol. The lowest BCUT2D eigenvalue weighted by Crippen LogP contribution is -2.29. The van der Waals surface area contributed by atoms with Crippen LogP contribution in [0, 0.1) is 17.2 Å². The van der Waals surface area contributed by atoms with Crippen molar-refractivity contribution in [2.75, 3.05) is 5.32 Å². The number of fused-ring (bicyclic) bond motifs is 3. The Hall–Kier alpha value is -3.39. The maximum atomic E-state index is 11.5. The van der Waals surface area contributed by atoms with E-state index in [1.54, 1.807) is 0 Å². The number of benzene rings is 2. The largest absolute Gasteiger partial charge is 0.378 e. The van der Waals surface area contributed by atoms with Crippen LogP contribution in [0.1, 0.15) is 48.4 Å². The van der Waals surface area contributed by atoms with Crippen molar-refractivity contribution in [3.05, 3.63) is 77.4 Å². The minimum Gasteiger partial charge on any atom is -0.378 e. The van der Waals surface area contributed by atoms with E-state index in [9.17, 15) is 4.79 Å². The first-order chi connectivity index (χ1) is 13.7. The Morgan fingerprint density at radius 2 is 2.11 bits per heavy atom. The smallest absolute Gasteiger partial charge is 0.254 e. The predicted molar refractivity (Wildman–Crippen MR) is 110 cm³/mol. The highest BCUT2D eigenvalue weighted by molar-refractivity contribution is 6.00. The first-order valence-corrected chi connectivity index (χ1v) is 9.50. The van der Waals surface area contributed by atoms with Crippen LogP contribution >= 0.6 is 0 Å². The van der Waals surface area contributed by atoms with E-state index < -0.39 is 5.91 Å². The summed E-state index contributed by atoms with van der Waals surface area (Å²) >= 11 is 0. The molecule has 0 aromatic heterocycles. The molecule has 140 valence electrons. The number of carbonyl (C=O) groups is 1. The van der Waals surface area contributed by atoms with Gasteiger partial charge in [-0.2, -0.15) is 10.4 Å². The summed E-state index contributed by atoms with van der Waals surface area (Å²) in [7, 11) is 0. The zero-order valence-electron chi connectivity index (χ0n) is 15.7. The number of hydrogen-bond donors (Lipinski definition) is 2. The van der Waals surface area contributed by atoms with Crippen LogP contribution in [0.3, 0.4) is 0 Å². The van der Waals surface area contributed by atoms with Gasteiger partial charge in [0.15, 0.2) is 0 Å². The lowest BCUT2D eigenvalue weighted by Gasteiger charge is -2.37. The molecule has 0 spiro atoms. The van der Waals surface area contributed by atoms with E-state index in [0.717, 1.165) is 23.4 Å². The van der Waals surface area contributed by atoms with E-state index in [1.165, 1.54) is 11.1 Å². The molecule has 0 saturated heterocycles. The van der Waals surface area contributed by atoms with Gasteiger partial charge in [0.05, 0.1) is 17.8 Å². The molecule has 0 radical (unpaired) electrons. The standard InChI is InChI=1S/C23H22N4O/c1-15(26-27-22(28)12-13-24)17-10-11-21-20(14-17)18-8-5-9-19(18)23(25-21)16-6-3-2-4-7-16/h2-8,10-11,14,18-19,23,25H,9,12H2,1H3,(H,27,28)/b26-15-/t18-,19+,23+/m1/s1. The van der Waals surface area contributed by atoms with Crippen LogP contribution in [0.5, 0.6) is 0 Å². The summed E-state index contributed by atoms with van der Waals surface area (Å²) in [6.45, 7) is 1.86. The van der Waals surface area contributed by atoms with E-state index in [0.29, 0.717) is 17.9 Å². The highest BCUT2D eigenvalue weighted by Gasteiger charge is 2.37. The minimum atomic E-state index is -0.397. The second-order valence-electron chi connectivity index (χ2n) is 7.26. The molecule has 0 saturated carbocycles. The van der Waals surface area contributed by atoms with Crippen molar-refractivity contribution >= 4 is 17.3 Å². The van der Waals surface area contributed by atoms with Crippen LogP contribution in [0.25, 0.3) is 0 Å². The number of nitriles is 1. The zero-order valence-corrected chi connectivity index (χ0v) is 15.7. The molecule has 5 heteroatoms. The molecule has 1 heterocycles. The van der Waals surface area contributed by atoms with Gasteiger partial charge in [-0.25, -0.2) is 5.43 Å². The number of allylic oxidation sites excluding steroid dienone is 2. The summed E-state index contributed by atoms with van der Waals surface area (Å²) in [5.74, 6) is 0.450. The zero-order chi connectivity index (χ0) is 19.5. The fourth-order valence-electron chi connectivity index (χ4n) is 4.13. The monoisotopic (exact) mass is 370 g/mol. The van der Waals surface area contributed by atoms with Crippen molar-refractivity contribution in [3.63, 3.8) is 0 Å². The van der Waals surface area contributed by atoms with Crippen molar-refractivity contribution < 1.29 is 4.79 Å². The molecule has 28 heavy (non-hydrogen) atoms. The van der Waals surface area contributed by atoms with Crippen molar-refractivity contribution in [1.29, 1.82) is 5.26 Å². The van der Waals surface area contributed by atoms with Gasteiger partial charge in [-0.3, -0.25) is 4.79 Å². The number of nitrogens with zero attached hydrogens (tertiary/aromatic N) is 2. The molecule has 0 fully saturated rings. The number of hydrogen-bond acceptors (Lipinski definition) is 4. The van der Waals surface area contributed by atoms with Crippen molar-refractivity contribution in [2.45, 2.75) is 31.7 Å². The Labute approximate surface area is 164 Å². The first kappa shape index (κ1) is 18.0. The van der Waals surface area contributed by atoms with Gasteiger partial charge in [0.25, 0.3) is 5.91 Å². The van der Waals surface area contributed by atoms with Crippen LogP contribution in [0.15, 0.2) is 65.8 Å². The van der Waals surface area contributed by atoms with Crippen LogP contribution < -0.4 is 10.7 Å². The first-order valence-electron chi connectivity index (χ1n) is 9.50. The molecule has 2 aromatic carbocycles. The van der Waals surface area contributed by atoms with Crippen molar-refractivity contribution in [3.8, 4) is 6.07 Å². The Kier molecular flexibility index (Phi) is 4.94. The molecule has 1 amide bonds. The third-order valence-electron chi connectivity index (χ3n) is 5.53. The normalized spacial score (nSPS) is 22.6. The average Bonchev–Trinajstić information content (AvgIpc) is 3.22. The highest BCUT2D eigenvalue weighted by Crippen LogP contribution is 2.49. The van der Waals surface area contributed by atoms with Gasteiger partial charge in [-0.1, -0.05) is 48.6 Å². The fourth-order valence-corrected chi connectivity index (χ4v) is 4.13. The molecular formula is C23H22N4O. The lowest BCUT2D eigenvalue weighted by atomic mass is 9.76. The number of nitrogens with one attached hydrogen (secondary N) is 2. The molecule has 1 aliphatic heterocycles. The molecule has 2 aliphatic rings. The van der Waals surface area contributed by atoms with E-state index in [1.807, 2.05) is 19.1 Å². The van der Waals surface area contributed by atoms with Crippen LogP contribution in [0.4, 0.5) is 5.69 Å². The number of anilines is 1. The van der Waals surface area contributed by atoms with Gasteiger partial charge < -0.3 is 5.32 Å². The molecule has 2 N–H and O–H groups in total. The molecule has 3 atom stereocenters. The number of rotatable bonds is 4. The van der Waals surface area contributed by atoms with Gasteiger partial charge in [-0.15, -0.1) is 0 Å². The van der Waals surface area contributed by atoms with Gasteiger partial charge in [0.2, 0.25) is 0 Å². The quantitative estimate of drug-likeness (QED) is 0.479. The van der Waals surface area contributed by atoms with E-state index >= 15 is 0 Å². The third-order valence-corrected chi connectivity index (χ3v) is 5.53. The second-order valence-corrected chi connectivity index (χ2v) is 7.26. The highest BCUT2D eigenvalue weighted by atomic mass is 16.2. The SMILES string of the molecule is C/C(=N/NC(=O)CC#N)c1ccc2c(c1)[C@@H]1C=CC[C@@H]1[C@H](c1ccccc1)N2. The van der Waals surface area contributed by atoms with Crippen molar-refractivity contribution in [1.82, 2.24) is 5.43 Å². The van der Waals surface area contributed by atoms with Gasteiger partial charge in [0.1, 0.15) is 6.42 Å². The Bertz CT molecular complexity index is 987. The van der Waals surface area contributed by atoms with Crippen LogP contribution in [-0.2, 0) is 4.79 Å². The lowest BCUT2D eigenvalue weighted by molar-refractivity contribution is -0.120. The maximum Gasteiger partial charge on any atom is 0.254 e. The Morgan fingerprint density at radius 3 is 2.89 bits per heavy atom. The minimum absolute atomic E-state index is 0.194. The van der Waals surface area contributed by atoms with Gasteiger partial charge >= 0.3 is 0 Å². The molecule has 1 aliphatic carbocycles. The average molecular weight is 370 g/mol.